The number of nitrogens with zero attached hydrogens (tertiary/aromatic N) is 1. The summed E-state index contributed by atoms with van der Waals surface area (Å²) in [5.74, 6) is -0.435. The predicted molar refractivity (Wildman–Crippen MR) is 92.8 cm³/mol. The van der Waals surface area contributed by atoms with Crippen molar-refractivity contribution in [3.05, 3.63) is 64.2 Å². The van der Waals surface area contributed by atoms with E-state index in [2.05, 4.69) is 23.1 Å². The van der Waals surface area contributed by atoms with Gasteiger partial charge in [0.25, 0.3) is 0 Å². The summed E-state index contributed by atoms with van der Waals surface area (Å²) in [6.45, 7) is 4.21. The Balaban J connectivity index is 1.59. The van der Waals surface area contributed by atoms with E-state index in [-0.39, 0.29) is 5.56 Å². The average molecular weight is 339 g/mol. The summed E-state index contributed by atoms with van der Waals surface area (Å²) in [6.07, 6.45) is 0.969. The molecule has 4 rings (SSSR count). The molecule has 2 aliphatic heterocycles. The van der Waals surface area contributed by atoms with E-state index in [1.807, 2.05) is 6.07 Å². The third-order valence-corrected chi connectivity index (χ3v) is 4.90. The van der Waals surface area contributed by atoms with E-state index in [9.17, 15) is 9.90 Å². The van der Waals surface area contributed by atoms with Gasteiger partial charge in [0.05, 0.1) is 13.2 Å². The van der Waals surface area contributed by atoms with Gasteiger partial charge in [0.15, 0.2) is 0 Å². The molecule has 25 heavy (non-hydrogen) atoms. The Bertz CT molecular complexity index is 802. The number of para-hydroxylation sites is 1. The van der Waals surface area contributed by atoms with Gasteiger partial charge < -0.3 is 14.6 Å². The molecule has 0 aliphatic carbocycles. The van der Waals surface area contributed by atoms with Gasteiger partial charge in [-0.25, -0.2) is 4.79 Å². The lowest BCUT2D eigenvalue weighted by atomic mass is 9.97. The Morgan fingerprint density at radius 2 is 1.96 bits per heavy atom. The molecule has 0 amide bonds. The van der Waals surface area contributed by atoms with E-state index >= 15 is 0 Å². The zero-order valence-corrected chi connectivity index (χ0v) is 14.0. The molecule has 0 saturated heterocycles. The number of ether oxygens (including phenoxy) is 2. The number of hydrogen-bond acceptors (Lipinski definition) is 4. The molecule has 0 radical (unpaired) electrons. The van der Waals surface area contributed by atoms with Crippen LogP contribution in [0.4, 0.5) is 0 Å². The molecule has 1 N–H and O–H groups in total. The summed E-state index contributed by atoms with van der Waals surface area (Å²) in [5, 5.41) is 9.36. The monoisotopic (exact) mass is 339 g/mol. The molecule has 2 aromatic rings. The second-order valence-corrected chi connectivity index (χ2v) is 6.52. The van der Waals surface area contributed by atoms with Gasteiger partial charge >= 0.3 is 5.97 Å². The average Bonchev–Trinajstić information content (AvgIpc) is 2.83. The van der Waals surface area contributed by atoms with Crippen molar-refractivity contribution in [2.24, 2.45) is 0 Å². The topological polar surface area (TPSA) is 59.0 Å². The predicted octanol–water partition coefficient (Wildman–Crippen LogP) is 2.85. The van der Waals surface area contributed by atoms with Gasteiger partial charge in [-0.3, -0.25) is 4.90 Å². The first-order valence-electron chi connectivity index (χ1n) is 8.60. The van der Waals surface area contributed by atoms with Crippen LogP contribution in [0.2, 0.25) is 0 Å². The zero-order chi connectivity index (χ0) is 17.2. The van der Waals surface area contributed by atoms with Gasteiger partial charge in [0.2, 0.25) is 0 Å². The molecular weight excluding hydrogens is 318 g/mol. The molecule has 0 atom stereocenters. The largest absolute Gasteiger partial charge is 0.491 e. The summed E-state index contributed by atoms with van der Waals surface area (Å²) in [7, 11) is 0. The Hall–Kier alpha value is -2.37. The van der Waals surface area contributed by atoms with Gasteiger partial charge in [0.1, 0.15) is 17.9 Å². The quantitative estimate of drug-likeness (QED) is 0.932. The molecule has 2 heterocycles. The number of carboxylic acid groups (broad SMARTS) is 1. The van der Waals surface area contributed by atoms with Gasteiger partial charge in [-0.1, -0.05) is 30.3 Å². The van der Waals surface area contributed by atoms with Crippen LogP contribution in [0.1, 0.15) is 32.6 Å². The molecule has 2 aromatic carbocycles. The maximum atomic E-state index is 11.4. The molecule has 0 bridgehead atoms. The van der Waals surface area contributed by atoms with Gasteiger partial charge in [-0.05, 0) is 29.2 Å². The van der Waals surface area contributed by atoms with Gasteiger partial charge in [-0.2, -0.15) is 0 Å². The van der Waals surface area contributed by atoms with Gasteiger partial charge in [-0.15, -0.1) is 0 Å². The number of benzene rings is 2. The fraction of sp³-hybridized carbons (Fsp3) is 0.350. The van der Waals surface area contributed by atoms with Crippen LogP contribution in [0.5, 0.6) is 5.75 Å². The smallest absolute Gasteiger partial charge is 0.339 e. The maximum absolute atomic E-state index is 11.4. The molecule has 5 heteroatoms. The minimum Gasteiger partial charge on any atom is -0.491 e. The van der Waals surface area contributed by atoms with Crippen LogP contribution in [-0.4, -0.2) is 35.7 Å². The van der Waals surface area contributed by atoms with Crippen LogP contribution in [0.3, 0.4) is 0 Å². The van der Waals surface area contributed by atoms with Crippen LogP contribution in [-0.2, 0) is 30.9 Å². The van der Waals surface area contributed by atoms with Crippen LogP contribution in [0, 0.1) is 0 Å². The van der Waals surface area contributed by atoms with Crippen molar-refractivity contribution in [2.45, 2.75) is 26.1 Å². The van der Waals surface area contributed by atoms with Crippen LogP contribution < -0.4 is 4.74 Å². The van der Waals surface area contributed by atoms with Crippen molar-refractivity contribution >= 4 is 5.97 Å². The van der Waals surface area contributed by atoms with E-state index < -0.39 is 5.97 Å². The molecular formula is C20H21NO4. The van der Waals surface area contributed by atoms with Gasteiger partial charge in [0, 0.05) is 25.2 Å². The van der Waals surface area contributed by atoms with Crippen molar-refractivity contribution < 1.29 is 19.4 Å². The molecule has 0 fully saturated rings. The van der Waals surface area contributed by atoms with E-state index in [4.69, 9.17) is 9.47 Å². The first kappa shape index (κ1) is 16.1. The molecule has 0 unspecified atom stereocenters. The number of aromatic carboxylic acids is 1. The molecule has 2 aliphatic rings. The highest BCUT2D eigenvalue weighted by Crippen LogP contribution is 2.29. The van der Waals surface area contributed by atoms with Crippen LogP contribution in [0.15, 0.2) is 36.4 Å². The first-order valence-corrected chi connectivity index (χ1v) is 8.60. The summed E-state index contributed by atoms with van der Waals surface area (Å²) in [4.78, 5) is 13.7. The van der Waals surface area contributed by atoms with Crippen molar-refractivity contribution in [1.82, 2.24) is 4.90 Å². The third-order valence-electron chi connectivity index (χ3n) is 4.90. The molecule has 130 valence electrons. The lowest BCUT2D eigenvalue weighted by Gasteiger charge is -2.24. The van der Waals surface area contributed by atoms with E-state index in [1.165, 1.54) is 16.7 Å². The number of carboxylic acids is 1. The summed E-state index contributed by atoms with van der Waals surface area (Å²) < 4.78 is 11.4. The highest BCUT2D eigenvalue weighted by atomic mass is 16.5. The Morgan fingerprint density at radius 3 is 2.84 bits per heavy atom. The normalized spacial score (nSPS) is 17.1. The van der Waals surface area contributed by atoms with Crippen molar-refractivity contribution in [2.75, 3.05) is 19.8 Å². The second-order valence-electron chi connectivity index (χ2n) is 6.52. The fourth-order valence-corrected chi connectivity index (χ4v) is 3.63. The van der Waals surface area contributed by atoms with Crippen molar-refractivity contribution in [3.63, 3.8) is 0 Å². The third kappa shape index (κ3) is 3.25. The lowest BCUT2D eigenvalue weighted by molar-refractivity contribution is 0.0692. The summed E-state index contributed by atoms with van der Waals surface area (Å²) in [5.41, 5.74) is 5.14. The SMILES string of the molecule is O=C(O)c1cccc2c1OCCN(Cc1cccc3c1COCC3)C2. The standard InChI is InChI=1S/C20H21NO4/c22-20(23)17-6-2-5-16-12-21(8-10-25-19(16)17)11-15-4-1-3-14-7-9-24-13-18(14)15/h1-6H,7-13H2,(H,22,23). The first-order chi connectivity index (χ1) is 12.2. The zero-order valence-electron chi connectivity index (χ0n) is 14.0. The summed E-state index contributed by atoms with van der Waals surface area (Å²) in [6, 6.07) is 11.8. The minimum atomic E-state index is -0.945. The Morgan fingerprint density at radius 1 is 1.12 bits per heavy atom. The Kier molecular flexibility index (Phi) is 4.42. The molecule has 0 aromatic heterocycles. The Labute approximate surface area is 146 Å². The number of carbonyl (C=O) groups is 1. The molecule has 0 saturated carbocycles. The molecule has 0 spiro atoms. The van der Waals surface area contributed by atoms with E-state index in [0.29, 0.717) is 25.5 Å². The number of rotatable bonds is 3. The fourth-order valence-electron chi connectivity index (χ4n) is 3.63. The van der Waals surface area contributed by atoms with E-state index in [0.717, 1.165) is 31.7 Å². The highest BCUT2D eigenvalue weighted by Gasteiger charge is 2.22. The van der Waals surface area contributed by atoms with E-state index in [1.54, 1.807) is 12.1 Å². The maximum Gasteiger partial charge on any atom is 0.339 e. The lowest BCUT2D eigenvalue weighted by Crippen LogP contribution is -2.26. The molecule has 5 nitrogen and oxygen atoms in total. The van der Waals surface area contributed by atoms with Crippen molar-refractivity contribution in [1.29, 1.82) is 0 Å². The minimum absolute atomic E-state index is 0.241. The number of hydrogen-bond donors (Lipinski definition) is 1. The van der Waals surface area contributed by atoms with Crippen LogP contribution in [0.25, 0.3) is 0 Å². The number of fused-ring (bicyclic) bond motifs is 2. The summed E-state index contributed by atoms with van der Waals surface area (Å²) >= 11 is 0. The van der Waals surface area contributed by atoms with Crippen molar-refractivity contribution in [3.8, 4) is 5.75 Å². The van der Waals surface area contributed by atoms with Crippen LogP contribution >= 0.6 is 0 Å². The second kappa shape index (κ2) is 6.86. The highest BCUT2D eigenvalue weighted by molar-refractivity contribution is 5.91.